The fraction of sp³-hybridized carbons (Fsp3) is 0.700. The van der Waals surface area contributed by atoms with E-state index in [9.17, 15) is 4.79 Å². The van der Waals surface area contributed by atoms with E-state index in [0.717, 1.165) is 6.54 Å². The zero-order valence-corrected chi connectivity index (χ0v) is 8.29. The molecule has 0 aromatic carbocycles. The highest BCUT2D eigenvalue weighted by atomic mass is 16.4. The molecule has 13 heavy (non-hydrogen) atoms. The number of carboxylic acids is 1. The van der Waals surface area contributed by atoms with Crippen LogP contribution in [0.1, 0.15) is 20.3 Å². The number of hydrogen-bond donors (Lipinski definition) is 1. The Kier molecular flexibility index (Phi) is 5.99. The van der Waals surface area contributed by atoms with Crippen LogP contribution in [0, 0.1) is 18.3 Å². The number of hydrogen-bond acceptors (Lipinski definition) is 2. The van der Waals surface area contributed by atoms with Gasteiger partial charge in [-0.2, -0.15) is 0 Å². The van der Waals surface area contributed by atoms with Gasteiger partial charge in [-0.05, 0) is 5.92 Å². The summed E-state index contributed by atoms with van der Waals surface area (Å²) in [6.07, 6.45) is 5.73. The summed E-state index contributed by atoms with van der Waals surface area (Å²) in [5, 5.41) is 8.60. The number of rotatable bonds is 6. The summed E-state index contributed by atoms with van der Waals surface area (Å²) in [6, 6.07) is 0. The fourth-order valence-corrected chi connectivity index (χ4v) is 1.17. The van der Waals surface area contributed by atoms with Crippen LogP contribution in [0.5, 0.6) is 0 Å². The van der Waals surface area contributed by atoms with E-state index >= 15 is 0 Å². The van der Waals surface area contributed by atoms with Crippen molar-refractivity contribution in [1.82, 2.24) is 4.90 Å². The lowest BCUT2D eigenvalue weighted by Gasteiger charge is -2.20. The van der Waals surface area contributed by atoms with Crippen LogP contribution in [0.4, 0.5) is 0 Å². The van der Waals surface area contributed by atoms with Crippen LogP contribution in [0.3, 0.4) is 0 Å². The second-order valence-corrected chi connectivity index (χ2v) is 3.48. The Morgan fingerprint density at radius 1 is 1.62 bits per heavy atom. The van der Waals surface area contributed by atoms with Gasteiger partial charge < -0.3 is 5.11 Å². The topological polar surface area (TPSA) is 40.5 Å². The van der Waals surface area contributed by atoms with Gasteiger partial charge in [0.25, 0.3) is 0 Å². The molecule has 0 saturated carbocycles. The van der Waals surface area contributed by atoms with Crippen LogP contribution >= 0.6 is 0 Å². The molecule has 74 valence electrons. The van der Waals surface area contributed by atoms with Crippen LogP contribution in [0.15, 0.2) is 0 Å². The molecule has 0 rings (SSSR count). The molecule has 0 saturated heterocycles. The van der Waals surface area contributed by atoms with Gasteiger partial charge in [-0.3, -0.25) is 9.69 Å². The molecule has 3 heteroatoms. The second-order valence-electron chi connectivity index (χ2n) is 3.48. The van der Waals surface area contributed by atoms with Gasteiger partial charge in [0.2, 0.25) is 0 Å². The van der Waals surface area contributed by atoms with Crippen LogP contribution in [0.2, 0.25) is 0 Å². The van der Waals surface area contributed by atoms with Crippen molar-refractivity contribution in [3.05, 3.63) is 0 Å². The molecule has 0 radical (unpaired) electrons. The van der Waals surface area contributed by atoms with Gasteiger partial charge in [0, 0.05) is 19.5 Å². The van der Waals surface area contributed by atoms with E-state index in [4.69, 9.17) is 11.5 Å². The second kappa shape index (κ2) is 6.50. The Morgan fingerprint density at radius 2 is 2.23 bits per heavy atom. The lowest BCUT2D eigenvalue weighted by Crippen LogP contribution is -2.33. The Labute approximate surface area is 79.7 Å². The largest absolute Gasteiger partial charge is 0.480 e. The molecule has 0 amide bonds. The Balaban J connectivity index is 3.88. The summed E-state index contributed by atoms with van der Waals surface area (Å²) in [6.45, 7) is 5.66. The molecule has 0 spiro atoms. The van der Waals surface area contributed by atoms with Gasteiger partial charge in [-0.25, -0.2) is 0 Å². The number of aliphatic carboxylic acids is 1. The summed E-state index contributed by atoms with van der Waals surface area (Å²) in [7, 11) is 0. The SMILES string of the molecule is C#CCCN(CC(=O)O)CC(C)C. The highest BCUT2D eigenvalue weighted by Gasteiger charge is 2.09. The summed E-state index contributed by atoms with van der Waals surface area (Å²) in [5.41, 5.74) is 0. The molecule has 1 N–H and O–H groups in total. The molecular weight excluding hydrogens is 166 g/mol. The number of carbonyl (C=O) groups is 1. The molecule has 0 heterocycles. The van der Waals surface area contributed by atoms with E-state index in [2.05, 4.69) is 19.8 Å². The molecule has 3 nitrogen and oxygen atoms in total. The number of carboxylic acid groups (broad SMARTS) is 1. The standard InChI is InChI=1S/C10H17NO2/c1-4-5-6-11(7-9(2)3)8-10(12)13/h1,9H,5-8H2,2-3H3,(H,12,13). The highest BCUT2D eigenvalue weighted by molar-refractivity contribution is 5.69. The van der Waals surface area contributed by atoms with E-state index in [1.54, 1.807) is 0 Å². The molecule has 0 aliphatic heterocycles. The van der Waals surface area contributed by atoms with Crippen molar-refractivity contribution < 1.29 is 9.90 Å². The molecule has 0 fully saturated rings. The minimum absolute atomic E-state index is 0.0832. The summed E-state index contributed by atoms with van der Waals surface area (Å²) >= 11 is 0. The minimum Gasteiger partial charge on any atom is -0.480 e. The normalized spacial score (nSPS) is 10.4. The first-order chi connectivity index (χ1) is 6.06. The monoisotopic (exact) mass is 183 g/mol. The van der Waals surface area contributed by atoms with Crippen molar-refractivity contribution >= 4 is 5.97 Å². The van der Waals surface area contributed by atoms with E-state index in [-0.39, 0.29) is 6.54 Å². The molecule has 0 bridgehead atoms. The lowest BCUT2D eigenvalue weighted by molar-refractivity contribution is -0.138. The van der Waals surface area contributed by atoms with Gasteiger partial charge in [0.1, 0.15) is 0 Å². The average molecular weight is 183 g/mol. The van der Waals surface area contributed by atoms with E-state index in [0.29, 0.717) is 18.9 Å². The summed E-state index contributed by atoms with van der Waals surface area (Å²) in [4.78, 5) is 12.3. The van der Waals surface area contributed by atoms with E-state index in [1.807, 2.05) is 4.90 Å². The summed E-state index contributed by atoms with van der Waals surface area (Å²) < 4.78 is 0. The summed E-state index contributed by atoms with van der Waals surface area (Å²) in [5.74, 6) is 2.19. The first-order valence-electron chi connectivity index (χ1n) is 4.44. The van der Waals surface area contributed by atoms with Crippen molar-refractivity contribution in [2.24, 2.45) is 5.92 Å². The quantitative estimate of drug-likeness (QED) is 0.626. The molecular formula is C10H17NO2. The zero-order chi connectivity index (χ0) is 10.3. The Morgan fingerprint density at radius 3 is 2.62 bits per heavy atom. The maximum atomic E-state index is 10.5. The third-order valence-corrected chi connectivity index (χ3v) is 1.55. The van der Waals surface area contributed by atoms with Crippen molar-refractivity contribution in [2.45, 2.75) is 20.3 Å². The molecule has 0 aliphatic rings. The van der Waals surface area contributed by atoms with Crippen LogP contribution in [-0.2, 0) is 4.79 Å². The van der Waals surface area contributed by atoms with Gasteiger partial charge in [-0.15, -0.1) is 12.3 Å². The number of nitrogens with zero attached hydrogens (tertiary/aromatic N) is 1. The average Bonchev–Trinajstić information content (AvgIpc) is 1.98. The molecule has 0 atom stereocenters. The molecule has 0 aromatic heterocycles. The Bertz CT molecular complexity index is 194. The smallest absolute Gasteiger partial charge is 0.317 e. The van der Waals surface area contributed by atoms with Gasteiger partial charge in [0.05, 0.1) is 6.54 Å². The van der Waals surface area contributed by atoms with Crippen molar-refractivity contribution in [1.29, 1.82) is 0 Å². The van der Waals surface area contributed by atoms with Crippen molar-refractivity contribution in [2.75, 3.05) is 19.6 Å². The number of terminal acetylenes is 1. The third-order valence-electron chi connectivity index (χ3n) is 1.55. The first-order valence-corrected chi connectivity index (χ1v) is 4.44. The fourth-order valence-electron chi connectivity index (χ4n) is 1.17. The zero-order valence-electron chi connectivity index (χ0n) is 8.29. The van der Waals surface area contributed by atoms with Gasteiger partial charge in [-0.1, -0.05) is 13.8 Å². The first kappa shape index (κ1) is 12.0. The minimum atomic E-state index is -0.794. The molecule has 0 aromatic rings. The molecule has 0 unspecified atom stereocenters. The molecule has 0 aliphatic carbocycles. The predicted octanol–water partition coefficient (Wildman–Crippen LogP) is 1.05. The van der Waals surface area contributed by atoms with Crippen LogP contribution in [-0.4, -0.2) is 35.6 Å². The van der Waals surface area contributed by atoms with Gasteiger partial charge >= 0.3 is 5.97 Å². The van der Waals surface area contributed by atoms with Crippen molar-refractivity contribution in [3.63, 3.8) is 0 Å². The maximum absolute atomic E-state index is 10.5. The van der Waals surface area contributed by atoms with Crippen LogP contribution < -0.4 is 0 Å². The third kappa shape index (κ3) is 7.35. The van der Waals surface area contributed by atoms with Crippen LogP contribution in [0.25, 0.3) is 0 Å². The Hall–Kier alpha value is -1.01. The van der Waals surface area contributed by atoms with Crippen molar-refractivity contribution in [3.8, 4) is 12.3 Å². The van der Waals surface area contributed by atoms with Gasteiger partial charge in [0.15, 0.2) is 0 Å². The lowest BCUT2D eigenvalue weighted by atomic mass is 10.2. The van der Waals surface area contributed by atoms with E-state index < -0.39 is 5.97 Å². The van der Waals surface area contributed by atoms with E-state index in [1.165, 1.54) is 0 Å². The predicted molar refractivity (Wildman–Crippen MR) is 52.4 cm³/mol. The highest BCUT2D eigenvalue weighted by Crippen LogP contribution is 1.99. The maximum Gasteiger partial charge on any atom is 0.317 e.